The average molecular weight is 361 g/mol. The number of likely N-dealkylation sites (tertiary alicyclic amines) is 1. The van der Waals surface area contributed by atoms with Crippen LogP contribution < -0.4 is 4.90 Å². The third kappa shape index (κ3) is 3.20. The molecule has 5 nitrogen and oxygen atoms in total. The maximum absolute atomic E-state index is 14.2. The van der Waals surface area contributed by atoms with E-state index in [1.54, 1.807) is 12.3 Å². The molecule has 142 valence electrons. The molecule has 0 aromatic carbocycles. The zero-order valence-corrected chi connectivity index (χ0v) is 15.2. The number of carbonyl (C=O) groups is 1. The predicted octanol–water partition coefficient (Wildman–Crippen LogP) is 2.59. The molecule has 1 N–H and O–H groups in total. The van der Waals surface area contributed by atoms with Crippen LogP contribution in [0.2, 0.25) is 0 Å². The highest BCUT2D eigenvalue weighted by Gasteiger charge is 2.47. The van der Waals surface area contributed by atoms with Crippen molar-refractivity contribution in [2.45, 2.75) is 51.0 Å². The number of aromatic nitrogens is 1. The fraction of sp³-hybridized carbons (Fsp3) is 0.700. The predicted molar refractivity (Wildman–Crippen MR) is 97.2 cm³/mol. The summed E-state index contributed by atoms with van der Waals surface area (Å²) in [7, 11) is 0. The van der Waals surface area contributed by atoms with Crippen molar-refractivity contribution in [2.75, 3.05) is 31.1 Å². The lowest BCUT2D eigenvalue weighted by Gasteiger charge is -2.51. The Morgan fingerprint density at radius 3 is 2.77 bits per heavy atom. The first-order chi connectivity index (χ1) is 12.6. The summed E-state index contributed by atoms with van der Waals surface area (Å²) >= 11 is 0. The van der Waals surface area contributed by atoms with Crippen LogP contribution in [0.4, 0.5) is 10.2 Å². The van der Waals surface area contributed by atoms with Crippen LogP contribution in [0.15, 0.2) is 18.3 Å². The number of pyridine rings is 1. The van der Waals surface area contributed by atoms with Gasteiger partial charge in [-0.2, -0.15) is 0 Å². The molecule has 2 aliphatic heterocycles. The van der Waals surface area contributed by atoms with Gasteiger partial charge in [-0.15, -0.1) is 0 Å². The van der Waals surface area contributed by atoms with Crippen molar-refractivity contribution in [3.05, 3.63) is 24.1 Å². The number of hydrogen-bond donors (Lipinski definition) is 1. The molecule has 1 aromatic heterocycles. The Hall–Kier alpha value is -1.69. The zero-order valence-electron chi connectivity index (χ0n) is 15.2. The van der Waals surface area contributed by atoms with Crippen molar-refractivity contribution in [3.8, 4) is 0 Å². The van der Waals surface area contributed by atoms with Gasteiger partial charge >= 0.3 is 0 Å². The van der Waals surface area contributed by atoms with Crippen LogP contribution in [-0.2, 0) is 4.79 Å². The highest BCUT2D eigenvalue weighted by molar-refractivity contribution is 5.79. The van der Waals surface area contributed by atoms with Gasteiger partial charge in [-0.05, 0) is 44.2 Å². The summed E-state index contributed by atoms with van der Waals surface area (Å²) in [5, 5.41) is 10.8. The lowest BCUT2D eigenvalue weighted by molar-refractivity contribution is -0.142. The number of piperidine rings is 2. The molecule has 1 saturated carbocycles. The first kappa shape index (κ1) is 17.7. The Bertz CT molecular complexity index is 664. The third-order valence-electron chi connectivity index (χ3n) is 6.55. The normalized spacial score (nSPS) is 30.2. The van der Waals surface area contributed by atoms with Gasteiger partial charge in [-0.1, -0.05) is 12.8 Å². The molecular formula is C20H28FN3O2. The summed E-state index contributed by atoms with van der Waals surface area (Å²) in [4.78, 5) is 21.0. The number of amides is 1. The van der Waals surface area contributed by atoms with Gasteiger partial charge in [-0.25, -0.2) is 9.37 Å². The average Bonchev–Trinajstić information content (AvgIpc) is 3.19. The van der Waals surface area contributed by atoms with Gasteiger partial charge < -0.3 is 14.9 Å². The van der Waals surface area contributed by atoms with Crippen molar-refractivity contribution in [2.24, 2.45) is 11.3 Å². The Kier molecular flexibility index (Phi) is 4.86. The van der Waals surface area contributed by atoms with Crippen LogP contribution in [0, 0.1) is 17.2 Å². The van der Waals surface area contributed by atoms with Crippen LogP contribution in [0.1, 0.15) is 44.9 Å². The maximum atomic E-state index is 14.2. The minimum absolute atomic E-state index is 0.162. The number of halogens is 1. The first-order valence-corrected chi connectivity index (χ1v) is 9.91. The number of aliphatic hydroxyl groups excluding tert-OH is 1. The van der Waals surface area contributed by atoms with E-state index in [4.69, 9.17) is 0 Å². The molecule has 1 amide bonds. The Morgan fingerprint density at radius 1 is 1.19 bits per heavy atom. The molecule has 2 atom stereocenters. The molecule has 0 radical (unpaired) electrons. The molecule has 3 aliphatic rings. The summed E-state index contributed by atoms with van der Waals surface area (Å²) < 4.78 is 14.2. The molecule has 1 aromatic rings. The van der Waals surface area contributed by atoms with Crippen LogP contribution in [0.25, 0.3) is 0 Å². The SMILES string of the molecule is O=C(C1CCCC1)N1CCC[C@]2(C1)CN(c1ncccc1F)CC[C@H]2O. The number of rotatable bonds is 2. The minimum atomic E-state index is -0.454. The number of nitrogens with zero attached hydrogens (tertiary/aromatic N) is 3. The van der Waals surface area contributed by atoms with Gasteiger partial charge in [0.25, 0.3) is 0 Å². The molecule has 26 heavy (non-hydrogen) atoms. The summed E-state index contributed by atoms with van der Waals surface area (Å²) in [5.74, 6) is 0.455. The largest absolute Gasteiger partial charge is 0.392 e. The summed E-state index contributed by atoms with van der Waals surface area (Å²) in [5.41, 5.74) is -0.380. The molecule has 1 spiro atoms. The molecule has 3 heterocycles. The quantitative estimate of drug-likeness (QED) is 0.880. The second-order valence-corrected chi connectivity index (χ2v) is 8.24. The maximum Gasteiger partial charge on any atom is 0.225 e. The second kappa shape index (κ2) is 7.14. The fourth-order valence-electron chi connectivity index (χ4n) is 5.12. The Morgan fingerprint density at radius 2 is 2.00 bits per heavy atom. The van der Waals surface area contributed by atoms with E-state index in [0.717, 1.165) is 45.1 Å². The van der Waals surface area contributed by atoms with Gasteiger partial charge in [0.05, 0.1) is 6.10 Å². The van der Waals surface area contributed by atoms with Gasteiger partial charge in [0.2, 0.25) is 5.91 Å². The van der Waals surface area contributed by atoms with Crippen LogP contribution in [-0.4, -0.2) is 53.2 Å². The van der Waals surface area contributed by atoms with E-state index in [1.165, 1.54) is 6.07 Å². The van der Waals surface area contributed by atoms with E-state index in [2.05, 4.69) is 4.98 Å². The Balaban J connectivity index is 1.53. The molecule has 3 fully saturated rings. The first-order valence-electron chi connectivity index (χ1n) is 9.91. The van der Waals surface area contributed by atoms with Gasteiger partial charge in [0.1, 0.15) is 0 Å². The van der Waals surface area contributed by atoms with Crippen molar-refractivity contribution < 1.29 is 14.3 Å². The smallest absolute Gasteiger partial charge is 0.225 e. The third-order valence-corrected chi connectivity index (χ3v) is 6.55. The van der Waals surface area contributed by atoms with Crippen molar-refractivity contribution >= 4 is 11.7 Å². The van der Waals surface area contributed by atoms with E-state index < -0.39 is 6.10 Å². The number of anilines is 1. The van der Waals surface area contributed by atoms with Crippen LogP contribution in [0.3, 0.4) is 0 Å². The number of carbonyl (C=O) groups excluding carboxylic acids is 1. The monoisotopic (exact) mass is 361 g/mol. The topological polar surface area (TPSA) is 56.7 Å². The Labute approximate surface area is 154 Å². The zero-order chi connectivity index (χ0) is 18.1. The lowest BCUT2D eigenvalue weighted by Crippen LogP contribution is -2.60. The summed E-state index contributed by atoms with van der Waals surface area (Å²) in [6.07, 6.45) is 7.78. The molecule has 2 saturated heterocycles. The summed E-state index contributed by atoms with van der Waals surface area (Å²) in [6.45, 7) is 2.50. The molecule has 1 aliphatic carbocycles. The minimum Gasteiger partial charge on any atom is -0.392 e. The van der Waals surface area contributed by atoms with E-state index in [9.17, 15) is 14.3 Å². The van der Waals surface area contributed by atoms with Crippen molar-refractivity contribution in [3.63, 3.8) is 0 Å². The number of hydrogen-bond acceptors (Lipinski definition) is 4. The second-order valence-electron chi connectivity index (χ2n) is 8.24. The van der Waals surface area contributed by atoms with E-state index >= 15 is 0 Å². The highest BCUT2D eigenvalue weighted by Crippen LogP contribution is 2.41. The molecule has 0 unspecified atom stereocenters. The number of aliphatic hydroxyl groups is 1. The highest BCUT2D eigenvalue weighted by atomic mass is 19.1. The van der Waals surface area contributed by atoms with Crippen LogP contribution >= 0.6 is 0 Å². The van der Waals surface area contributed by atoms with E-state index in [-0.39, 0.29) is 23.1 Å². The van der Waals surface area contributed by atoms with E-state index in [1.807, 2.05) is 9.80 Å². The van der Waals surface area contributed by atoms with Crippen molar-refractivity contribution in [1.29, 1.82) is 0 Å². The standard InChI is InChI=1S/C20H28FN3O2/c21-16-7-3-10-22-18(16)23-12-8-17(25)20(13-23)9-4-11-24(14-20)19(26)15-5-1-2-6-15/h3,7,10,15,17,25H,1-2,4-6,8-9,11-14H2/t17-,20-/m1/s1. The molecule has 0 bridgehead atoms. The molecule has 6 heteroatoms. The summed E-state index contributed by atoms with van der Waals surface area (Å²) in [6, 6.07) is 3.02. The van der Waals surface area contributed by atoms with E-state index in [0.29, 0.717) is 31.9 Å². The molecular weight excluding hydrogens is 333 g/mol. The molecule has 4 rings (SSSR count). The lowest BCUT2D eigenvalue weighted by atomic mass is 9.71. The van der Waals surface area contributed by atoms with Crippen molar-refractivity contribution in [1.82, 2.24) is 9.88 Å². The van der Waals surface area contributed by atoms with Gasteiger partial charge in [0.15, 0.2) is 11.6 Å². The van der Waals surface area contributed by atoms with Gasteiger partial charge in [0, 0.05) is 43.7 Å². The van der Waals surface area contributed by atoms with Crippen LogP contribution in [0.5, 0.6) is 0 Å². The fourth-order valence-corrected chi connectivity index (χ4v) is 5.12. The van der Waals surface area contributed by atoms with Gasteiger partial charge in [-0.3, -0.25) is 4.79 Å².